The maximum absolute atomic E-state index is 10.7. The third-order valence-corrected chi connectivity index (χ3v) is 2.89. The Morgan fingerprint density at radius 3 is 2.43 bits per heavy atom. The predicted molar refractivity (Wildman–Crippen MR) is 78.9 cm³/mol. The van der Waals surface area contributed by atoms with Crippen LogP contribution in [0.25, 0.3) is 0 Å². The van der Waals surface area contributed by atoms with Gasteiger partial charge in [0.05, 0.1) is 18.1 Å². The molecule has 1 N–H and O–H groups in total. The van der Waals surface area contributed by atoms with Crippen LogP contribution in [0, 0.1) is 10.1 Å². The third kappa shape index (κ3) is 3.70. The summed E-state index contributed by atoms with van der Waals surface area (Å²) in [5.41, 5.74) is 1.10. The van der Waals surface area contributed by atoms with E-state index in [2.05, 4.69) is 5.32 Å². The molecule has 0 bridgehead atoms. The van der Waals surface area contributed by atoms with Crippen LogP contribution in [-0.4, -0.2) is 19.1 Å². The van der Waals surface area contributed by atoms with Crippen molar-refractivity contribution in [1.82, 2.24) is 5.32 Å². The van der Waals surface area contributed by atoms with Crippen LogP contribution in [-0.2, 0) is 6.54 Å². The van der Waals surface area contributed by atoms with E-state index in [1.165, 1.54) is 25.3 Å². The Hall–Kier alpha value is -2.60. The number of nitro groups is 1. The highest BCUT2D eigenvalue weighted by Crippen LogP contribution is 2.34. The number of nitro benzene ring substituents is 1. The Balaban J connectivity index is 2.20. The molecule has 0 aliphatic carbocycles. The van der Waals surface area contributed by atoms with E-state index in [1.807, 2.05) is 31.3 Å². The first-order chi connectivity index (χ1) is 10.1. The summed E-state index contributed by atoms with van der Waals surface area (Å²) in [6, 6.07) is 11.8. The Morgan fingerprint density at radius 1 is 1.14 bits per heavy atom. The number of rotatable bonds is 6. The molecule has 0 radical (unpaired) electrons. The van der Waals surface area contributed by atoms with Crippen LogP contribution < -0.4 is 14.8 Å². The number of non-ortho nitro benzene ring substituents is 1. The zero-order valence-corrected chi connectivity index (χ0v) is 11.8. The molecule has 2 aromatic carbocycles. The smallest absolute Gasteiger partial charge is 0.273 e. The van der Waals surface area contributed by atoms with Crippen molar-refractivity contribution in [2.45, 2.75) is 6.54 Å². The third-order valence-electron chi connectivity index (χ3n) is 2.89. The standard InChI is InChI=1S/C15H16N2O4/c1-16-10-11-3-6-13(7-4-11)21-14-8-5-12(17(18)19)9-15(14)20-2/h3-9,16H,10H2,1-2H3. The molecular formula is C15H16N2O4. The lowest BCUT2D eigenvalue weighted by Gasteiger charge is -2.10. The molecule has 0 saturated heterocycles. The summed E-state index contributed by atoms with van der Waals surface area (Å²) in [6.45, 7) is 0.779. The average Bonchev–Trinajstić information content (AvgIpc) is 2.49. The highest BCUT2D eigenvalue weighted by Gasteiger charge is 2.12. The van der Waals surface area contributed by atoms with E-state index < -0.39 is 4.92 Å². The molecule has 6 nitrogen and oxygen atoms in total. The molecule has 0 aliphatic rings. The second kappa shape index (κ2) is 6.71. The van der Waals surface area contributed by atoms with Crippen LogP contribution in [0.15, 0.2) is 42.5 Å². The average molecular weight is 288 g/mol. The number of methoxy groups -OCH3 is 1. The van der Waals surface area contributed by atoms with Gasteiger partial charge in [0.2, 0.25) is 0 Å². The lowest BCUT2D eigenvalue weighted by molar-refractivity contribution is -0.384. The number of ether oxygens (including phenoxy) is 2. The summed E-state index contributed by atoms with van der Waals surface area (Å²) >= 11 is 0. The number of hydrogen-bond acceptors (Lipinski definition) is 5. The van der Waals surface area contributed by atoms with E-state index in [1.54, 1.807) is 0 Å². The molecule has 21 heavy (non-hydrogen) atoms. The second-order valence-electron chi connectivity index (χ2n) is 4.37. The van der Waals surface area contributed by atoms with Gasteiger partial charge in [-0.25, -0.2) is 0 Å². The van der Waals surface area contributed by atoms with Crippen molar-refractivity contribution >= 4 is 5.69 Å². The van der Waals surface area contributed by atoms with Gasteiger partial charge in [0.15, 0.2) is 11.5 Å². The van der Waals surface area contributed by atoms with E-state index in [0.717, 1.165) is 12.1 Å². The van der Waals surface area contributed by atoms with Gasteiger partial charge in [-0.3, -0.25) is 10.1 Å². The first kappa shape index (κ1) is 14.8. The summed E-state index contributed by atoms with van der Waals surface area (Å²) in [4.78, 5) is 10.3. The van der Waals surface area contributed by atoms with Gasteiger partial charge >= 0.3 is 0 Å². The molecule has 0 atom stereocenters. The van der Waals surface area contributed by atoms with Crippen LogP contribution >= 0.6 is 0 Å². The van der Waals surface area contributed by atoms with E-state index in [-0.39, 0.29) is 5.69 Å². The van der Waals surface area contributed by atoms with Crippen molar-refractivity contribution in [2.75, 3.05) is 14.2 Å². The Labute approximate surface area is 122 Å². The minimum atomic E-state index is -0.473. The summed E-state index contributed by atoms with van der Waals surface area (Å²) < 4.78 is 10.8. The minimum absolute atomic E-state index is 0.0384. The van der Waals surface area contributed by atoms with Gasteiger partial charge in [-0.1, -0.05) is 12.1 Å². The number of benzene rings is 2. The Bertz CT molecular complexity index is 626. The molecule has 0 spiro atoms. The lowest BCUT2D eigenvalue weighted by Crippen LogP contribution is -2.04. The lowest BCUT2D eigenvalue weighted by atomic mass is 10.2. The molecule has 6 heteroatoms. The van der Waals surface area contributed by atoms with Gasteiger partial charge in [0.1, 0.15) is 5.75 Å². The van der Waals surface area contributed by atoms with Crippen molar-refractivity contribution < 1.29 is 14.4 Å². The van der Waals surface area contributed by atoms with Crippen LogP contribution in [0.5, 0.6) is 17.2 Å². The fourth-order valence-electron chi connectivity index (χ4n) is 1.86. The Morgan fingerprint density at radius 2 is 1.86 bits per heavy atom. The van der Waals surface area contributed by atoms with Crippen molar-refractivity contribution in [1.29, 1.82) is 0 Å². The summed E-state index contributed by atoms with van der Waals surface area (Å²) in [7, 11) is 3.33. The maximum Gasteiger partial charge on any atom is 0.273 e. The van der Waals surface area contributed by atoms with E-state index in [4.69, 9.17) is 9.47 Å². The van der Waals surface area contributed by atoms with Crippen LogP contribution in [0.3, 0.4) is 0 Å². The molecule has 0 fully saturated rings. The van der Waals surface area contributed by atoms with Crippen LogP contribution in [0.2, 0.25) is 0 Å². The van der Waals surface area contributed by atoms with Gasteiger partial charge in [-0.2, -0.15) is 0 Å². The van der Waals surface area contributed by atoms with Gasteiger partial charge < -0.3 is 14.8 Å². The van der Waals surface area contributed by atoms with Crippen molar-refractivity contribution in [3.8, 4) is 17.2 Å². The summed E-state index contributed by atoms with van der Waals surface area (Å²) in [6.07, 6.45) is 0. The van der Waals surface area contributed by atoms with Crippen molar-refractivity contribution in [3.05, 3.63) is 58.1 Å². The monoisotopic (exact) mass is 288 g/mol. The topological polar surface area (TPSA) is 73.6 Å². The molecule has 0 aromatic heterocycles. The minimum Gasteiger partial charge on any atom is -0.493 e. The van der Waals surface area contributed by atoms with Crippen molar-refractivity contribution in [3.63, 3.8) is 0 Å². The van der Waals surface area contributed by atoms with Gasteiger partial charge in [-0.05, 0) is 30.8 Å². The number of nitrogens with one attached hydrogen (secondary N) is 1. The SMILES string of the molecule is CNCc1ccc(Oc2ccc([N+](=O)[O-])cc2OC)cc1. The number of hydrogen-bond donors (Lipinski definition) is 1. The van der Waals surface area contributed by atoms with Gasteiger partial charge in [0, 0.05) is 12.6 Å². The summed E-state index contributed by atoms with van der Waals surface area (Å²) in [5.74, 6) is 1.40. The first-order valence-electron chi connectivity index (χ1n) is 6.38. The zero-order chi connectivity index (χ0) is 15.2. The molecule has 2 rings (SSSR count). The maximum atomic E-state index is 10.7. The number of nitrogens with zero attached hydrogens (tertiary/aromatic N) is 1. The van der Waals surface area contributed by atoms with Gasteiger partial charge in [-0.15, -0.1) is 0 Å². The molecule has 0 heterocycles. The molecule has 0 amide bonds. The molecule has 0 aliphatic heterocycles. The quantitative estimate of drug-likeness (QED) is 0.653. The molecule has 0 saturated carbocycles. The van der Waals surface area contributed by atoms with E-state index >= 15 is 0 Å². The largest absolute Gasteiger partial charge is 0.493 e. The molecule has 110 valence electrons. The zero-order valence-electron chi connectivity index (χ0n) is 11.8. The predicted octanol–water partition coefficient (Wildman–Crippen LogP) is 3.12. The Kier molecular flexibility index (Phi) is 4.73. The van der Waals surface area contributed by atoms with E-state index in [9.17, 15) is 10.1 Å². The second-order valence-corrected chi connectivity index (χ2v) is 4.37. The molecule has 0 unspecified atom stereocenters. The van der Waals surface area contributed by atoms with Gasteiger partial charge in [0.25, 0.3) is 5.69 Å². The summed E-state index contributed by atoms with van der Waals surface area (Å²) in [5, 5.41) is 13.8. The molecule has 2 aromatic rings. The normalized spacial score (nSPS) is 10.2. The molecular weight excluding hydrogens is 272 g/mol. The van der Waals surface area contributed by atoms with Crippen LogP contribution in [0.4, 0.5) is 5.69 Å². The van der Waals surface area contributed by atoms with Crippen LogP contribution in [0.1, 0.15) is 5.56 Å². The fraction of sp³-hybridized carbons (Fsp3) is 0.200. The first-order valence-corrected chi connectivity index (χ1v) is 6.38. The highest BCUT2D eigenvalue weighted by molar-refractivity contribution is 5.50. The van der Waals surface area contributed by atoms with Crippen molar-refractivity contribution in [2.24, 2.45) is 0 Å². The fourth-order valence-corrected chi connectivity index (χ4v) is 1.86. The van der Waals surface area contributed by atoms with E-state index in [0.29, 0.717) is 17.2 Å². The highest BCUT2D eigenvalue weighted by atomic mass is 16.6.